The zero-order valence-corrected chi connectivity index (χ0v) is 8.09. The quantitative estimate of drug-likeness (QED) is 0.645. The first-order valence-electron chi connectivity index (χ1n) is 5.05. The molecule has 67 valence electrons. The van der Waals surface area contributed by atoms with Crippen molar-refractivity contribution in [1.82, 2.24) is 0 Å². The van der Waals surface area contributed by atoms with Gasteiger partial charge in [-0.15, -0.1) is 0 Å². The second kappa shape index (κ2) is 3.78. The van der Waals surface area contributed by atoms with Gasteiger partial charge in [0.25, 0.3) is 0 Å². The molecule has 13 heavy (non-hydrogen) atoms. The molecule has 1 aliphatic rings. The molecule has 0 bridgehead atoms. The van der Waals surface area contributed by atoms with Gasteiger partial charge in [-0.2, -0.15) is 0 Å². The van der Waals surface area contributed by atoms with Gasteiger partial charge >= 0.3 is 0 Å². The van der Waals surface area contributed by atoms with Gasteiger partial charge in [-0.3, -0.25) is 0 Å². The summed E-state index contributed by atoms with van der Waals surface area (Å²) in [5.41, 5.74) is 4.43. The molecule has 0 amide bonds. The Morgan fingerprint density at radius 2 is 1.85 bits per heavy atom. The molecule has 1 aromatic carbocycles. The number of hydrogen-bond acceptors (Lipinski definition) is 0. The summed E-state index contributed by atoms with van der Waals surface area (Å²) >= 11 is 0. The summed E-state index contributed by atoms with van der Waals surface area (Å²) in [4.78, 5) is 0. The summed E-state index contributed by atoms with van der Waals surface area (Å²) in [6.07, 6.45) is 6.19. The summed E-state index contributed by atoms with van der Waals surface area (Å²) < 4.78 is 0. The molecule has 0 heterocycles. The van der Waals surface area contributed by atoms with Crippen molar-refractivity contribution in [2.45, 2.75) is 26.2 Å². The highest BCUT2D eigenvalue weighted by Crippen LogP contribution is 2.41. The Morgan fingerprint density at radius 1 is 1.08 bits per heavy atom. The molecule has 0 aliphatic heterocycles. The third-order valence-corrected chi connectivity index (χ3v) is 2.47. The normalized spacial score (nSPS) is 14.8. The lowest BCUT2D eigenvalue weighted by Gasteiger charge is -1.90. The van der Waals surface area contributed by atoms with Crippen LogP contribution in [0.2, 0.25) is 0 Å². The van der Waals surface area contributed by atoms with Crippen LogP contribution >= 0.6 is 0 Å². The van der Waals surface area contributed by atoms with Crippen LogP contribution < -0.4 is 0 Å². The molecule has 1 aliphatic carbocycles. The van der Waals surface area contributed by atoms with Crippen molar-refractivity contribution >= 4 is 5.57 Å². The van der Waals surface area contributed by atoms with E-state index in [-0.39, 0.29) is 0 Å². The second-order valence-corrected chi connectivity index (χ2v) is 3.55. The van der Waals surface area contributed by atoms with Gasteiger partial charge in [0.05, 0.1) is 0 Å². The lowest BCUT2D eigenvalue weighted by atomic mass is 10.2. The monoisotopic (exact) mass is 171 g/mol. The summed E-state index contributed by atoms with van der Waals surface area (Å²) in [5, 5.41) is 0. The van der Waals surface area contributed by atoms with E-state index >= 15 is 0 Å². The van der Waals surface area contributed by atoms with Gasteiger partial charge in [0.2, 0.25) is 0 Å². The van der Waals surface area contributed by atoms with Crippen LogP contribution in [0.1, 0.15) is 31.7 Å². The van der Waals surface area contributed by atoms with E-state index in [1.807, 2.05) is 0 Å². The van der Waals surface area contributed by atoms with Crippen LogP contribution in [-0.4, -0.2) is 0 Å². The van der Waals surface area contributed by atoms with Crippen molar-refractivity contribution in [3.05, 3.63) is 47.9 Å². The van der Waals surface area contributed by atoms with Crippen LogP contribution in [0.3, 0.4) is 0 Å². The van der Waals surface area contributed by atoms with Crippen molar-refractivity contribution in [3.63, 3.8) is 0 Å². The van der Waals surface area contributed by atoms with E-state index in [0.29, 0.717) is 0 Å². The number of benzene rings is 1. The first-order chi connectivity index (χ1) is 6.42. The molecule has 0 spiro atoms. The third kappa shape index (κ3) is 2.00. The van der Waals surface area contributed by atoms with Crippen molar-refractivity contribution in [1.29, 1.82) is 0 Å². The standard InChI is InChI=1S/C13H15/c1-2-3-7-12-10-13(12)11-8-5-4-6-9-11/h4-6,8-10H,2-3,7H2,1H3. The van der Waals surface area contributed by atoms with E-state index in [4.69, 9.17) is 0 Å². The Hall–Kier alpha value is -1.04. The lowest BCUT2D eigenvalue weighted by Crippen LogP contribution is -1.69. The molecule has 0 unspecified atom stereocenters. The smallest absolute Gasteiger partial charge is 0.0167 e. The maximum Gasteiger partial charge on any atom is 0.0167 e. The van der Waals surface area contributed by atoms with Gasteiger partial charge in [-0.1, -0.05) is 49.2 Å². The van der Waals surface area contributed by atoms with Crippen LogP contribution in [0.4, 0.5) is 0 Å². The topological polar surface area (TPSA) is 0 Å². The lowest BCUT2D eigenvalue weighted by molar-refractivity contribution is 0.806. The van der Waals surface area contributed by atoms with Crippen LogP contribution in [0.5, 0.6) is 0 Å². The van der Waals surface area contributed by atoms with Crippen molar-refractivity contribution in [3.8, 4) is 0 Å². The maximum atomic E-state index is 2.31. The minimum atomic E-state index is 1.26. The van der Waals surface area contributed by atoms with Gasteiger partial charge in [-0.05, 0) is 24.0 Å². The Morgan fingerprint density at radius 3 is 2.54 bits per heavy atom. The molecule has 0 atom stereocenters. The zero-order valence-electron chi connectivity index (χ0n) is 8.09. The number of hydrogen-bond donors (Lipinski definition) is 0. The second-order valence-electron chi connectivity index (χ2n) is 3.55. The minimum absolute atomic E-state index is 1.26. The number of allylic oxidation sites excluding steroid dienone is 2. The first kappa shape index (κ1) is 8.55. The summed E-state index contributed by atoms with van der Waals surface area (Å²) in [6, 6.07) is 10.6. The molecule has 1 radical (unpaired) electrons. The largest absolute Gasteiger partial charge is 0.0654 e. The zero-order chi connectivity index (χ0) is 9.10. The van der Waals surface area contributed by atoms with E-state index in [0.717, 1.165) is 0 Å². The van der Waals surface area contributed by atoms with Gasteiger partial charge < -0.3 is 0 Å². The average Bonchev–Trinajstić information content (AvgIpc) is 2.95. The van der Waals surface area contributed by atoms with Gasteiger partial charge in [0.15, 0.2) is 0 Å². The van der Waals surface area contributed by atoms with E-state index in [1.165, 1.54) is 30.4 Å². The van der Waals surface area contributed by atoms with Gasteiger partial charge in [-0.25, -0.2) is 0 Å². The van der Waals surface area contributed by atoms with Gasteiger partial charge in [0, 0.05) is 6.42 Å². The summed E-state index contributed by atoms with van der Waals surface area (Å²) in [6.45, 7) is 2.24. The average molecular weight is 171 g/mol. The van der Waals surface area contributed by atoms with Crippen LogP contribution in [0, 0.1) is 6.42 Å². The van der Waals surface area contributed by atoms with Crippen molar-refractivity contribution in [2.24, 2.45) is 0 Å². The van der Waals surface area contributed by atoms with Crippen LogP contribution in [0.25, 0.3) is 5.57 Å². The molecule has 0 saturated carbocycles. The summed E-state index contributed by atoms with van der Waals surface area (Å²) in [5.74, 6) is 0. The number of rotatable bonds is 4. The Balaban J connectivity index is 2.02. The summed E-state index contributed by atoms with van der Waals surface area (Å²) in [7, 11) is 0. The van der Waals surface area contributed by atoms with Gasteiger partial charge in [0.1, 0.15) is 0 Å². The molecule has 0 saturated heterocycles. The fourth-order valence-electron chi connectivity index (χ4n) is 1.60. The first-order valence-corrected chi connectivity index (χ1v) is 5.05. The highest BCUT2D eigenvalue weighted by molar-refractivity contribution is 5.92. The SMILES string of the molecule is CCCCC1=C(c2ccccc2)[CH]1. The molecule has 2 rings (SSSR count). The van der Waals surface area contributed by atoms with E-state index in [2.05, 4.69) is 43.7 Å². The van der Waals surface area contributed by atoms with Crippen molar-refractivity contribution < 1.29 is 0 Å². The predicted molar refractivity (Wildman–Crippen MR) is 57.2 cm³/mol. The molecule has 0 aromatic heterocycles. The molecule has 0 N–H and O–H groups in total. The molecule has 1 aromatic rings. The van der Waals surface area contributed by atoms with E-state index in [9.17, 15) is 0 Å². The molecule has 0 fully saturated rings. The highest BCUT2D eigenvalue weighted by atomic mass is 14.3. The minimum Gasteiger partial charge on any atom is -0.0654 e. The predicted octanol–water partition coefficient (Wildman–Crippen LogP) is 3.85. The van der Waals surface area contributed by atoms with Crippen LogP contribution in [-0.2, 0) is 0 Å². The fraction of sp³-hybridized carbons (Fsp3) is 0.308. The maximum absolute atomic E-state index is 2.31. The molecular formula is C13H15. The van der Waals surface area contributed by atoms with E-state index < -0.39 is 0 Å². The third-order valence-electron chi connectivity index (χ3n) is 2.47. The molecule has 0 nitrogen and oxygen atoms in total. The fourth-order valence-corrected chi connectivity index (χ4v) is 1.60. The number of unbranched alkanes of at least 4 members (excludes halogenated alkanes) is 1. The Bertz CT molecular complexity index is 306. The highest BCUT2D eigenvalue weighted by Gasteiger charge is 2.21. The molecular weight excluding hydrogens is 156 g/mol. The van der Waals surface area contributed by atoms with Crippen molar-refractivity contribution in [2.75, 3.05) is 0 Å². The van der Waals surface area contributed by atoms with Crippen LogP contribution in [0.15, 0.2) is 35.9 Å². The Labute approximate surface area is 80.3 Å². The molecule has 0 heteroatoms. The van der Waals surface area contributed by atoms with E-state index in [1.54, 1.807) is 5.57 Å². The Kier molecular flexibility index (Phi) is 2.49.